The molecule has 88 valence electrons. The van der Waals surface area contributed by atoms with E-state index < -0.39 is 5.54 Å². The summed E-state index contributed by atoms with van der Waals surface area (Å²) in [4.78, 5) is 11.9. The highest BCUT2D eigenvalue weighted by atomic mass is 16.2. The molecule has 0 unspecified atom stereocenters. The standard InChI is InChI=1S/C11H18N4O/c1-3-8-9(7-15(2)14-8)13-10(16)11(12)5-4-6-11/h7H,3-6,12H2,1-2H3,(H,13,16). The number of aromatic nitrogens is 2. The van der Waals surface area contributed by atoms with E-state index in [0.717, 1.165) is 37.1 Å². The molecule has 0 radical (unpaired) electrons. The van der Waals surface area contributed by atoms with E-state index in [1.807, 2.05) is 20.2 Å². The molecule has 2 rings (SSSR count). The lowest BCUT2D eigenvalue weighted by molar-refractivity contribution is -0.123. The van der Waals surface area contributed by atoms with Crippen molar-refractivity contribution in [3.05, 3.63) is 11.9 Å². The molecule has 0 saturated heterocycles. The van der Waals surface area contributed by atoms with Crippen LogP contribution in [-0.2, 0) is 18.3 Å². The van der Waals surface area contributed by atoms with E-state index in [4.69, 9.17) is 5.73 Å². The predicted octanol–water partition coefficient (Wildman–Crippen LogP) is 0.802. The van der Waals surface area contributed by atoms with Crippen molar-refractivity contribution in [2.75, 3.05) is 5.32 Å². The van der Waals surface area contributed by atoms with Crippen molar-refractivity contribution in [2.24, 2.45) is 12.8 Å². The van der Waals surface area contributed by atoms with Gasteiger partial charge < -0.3 is 11.1 Å². The molecule has 1 aliphatic rings. The Bertz CT molecular complexity index is 406. The molecule has 0 aliphatic heterocycles. The maximum Gasteiger partial charge on any atom is 0.244 e. The summed E-state index contributed by atoms with van der Waals surface area (Å²) in [6.45, 7) is 2.01. The molecule has 1 saturated carbocycles. The zero-order valence-corrected chi connectivity index (χ0v) is 9.79. The second-order valence-electron chi connectivity index (χ2n) is 4.48. The van der Waals surface area contributed by atoms with Crippen molar-refractivity contribution in [1.82, 2.24) is 9.78 Å². The van der Waals surface area contributed by atoms with Crippen LogP contribution < -0.4 is 11.1 Å². The molecule has 3 N–H and O–H groups in total. The molecule has 0 spiro atoms. The van der Waals surface area contributed by atoms with Crippen LogP contribution in [0.25, 0.3) is 0 Å². The molecule has 0 aromatic carbocycles. The first-order valence-electron chi connectivity index (χ1n) is 5.68. The fourth-order valence-corrected chi connectivity index (χ4v) is 1.93. The number of aryl methyl sites for hydroxylation is 2. The molecule has 1 aliphatic carbocycles. The number of carbonyl (C=O) groups excluding carboxylic acids is 1. The van der Waals surface area contributed by atoms with Gasteiger partial charge in [-0.2, -0.15) is 5.10 Å². The minimum atomic E-state index is -0.652. The molecule has 1 heterocycles. The Morgan fingerprint density at radius 1 is 1.69 bits per heavy atom. The highest BCUT2D eigenvalue weighted by Gasteiger charge is 2.40. The van der Waals surface area contributed by atoms with Crippen LogP contribution in [0, 0.1) is 0 Å². The Kier molecular flexibility index (Phi) is 2.71. The molecule has 0 bridgehead atoms. The first-order valence-corrected chi connectivity index (χ1v) is 5.68. The number of nitrogens with two attached hydrogens (primary N) is 1. The third-order valence-electron chi connectivity index (χ3n) is 3.19. The summed E-state index contributed by atoms with van der Waals surface area (Å²) in [7, 11) is 1.84. The summed E-state index contributed by atoms with van der Waals surface area (Å²) in [6, 6.07) is 0. The fraction of sp³-hybridized carbons (Fsp3) is 0.636. The molecule has 5 heteroatoms. The predicted molar refractivity (Wildman–Crippen MR) is 62.0 cm³/mol. The Labute approximate surface area is 95.0 Å². The van der Waals surface area contributed by atoms with Crippen LogP contribution in [0.1, 0.15) is 31.9 Å². The van der Waals surface area contributed by atoms with Gasteiger partial charge in [0.1, 0.15) is 0 Å². The largest absolute Gasteiger partial charge is 0.322 e. The second kappa shape index (κ2) is 3.90. The summed E-state index contributed by atoms with van der Waals surface area (Å²) < 4.78 is 1.71. The molecule has 1 aromatic rings. The summed E-state index contributed by atoms with van der Waals surface area (Å²) >= 11 is 0. The van der Waals surface area contributed by atoms with Gasteiger partial charge in [-0.05, 0) is 25.7 Å². The summed E-state index contributed by atoms with van der Waals surface area (Å²) in [5.74, 6) is -0.0820. The summed E-state index contributed by atoms with van der Waals surface area (Å²) in [5.41, 5.74) is 6.99. The maximum absolute atomic E-state index is 11.9. The average molecular weight is 222 g/mol. The minimum absolute atomic E-state index is 0.0820. The van der Waals surface area contributed by atoms with Crippen LogP contribution in [0.4, 0.5) is 5.69 Å². The van der Waals surface area contributed by atoms with E-state index in [9.17, 15) is 4.79 Å². The molecule has 1 fully saturated rings. The highest BCUT2D eigenvalue weighted by Crippen LogP contribution is 2.30. The first-order chi connectivity index (χ1) is 7.55. The minimum Gasteiger partial charge on any atom is -0.322 e. The quantitative estimate of drug-likeness (QED) is 0.794. The van der Waals surface area contributed by atoms with Crippen molar-refractivity contribution in [3.8, 4) is 0 Å². The van der Waals surface area contributed by atoms with Crippen molar-refractivity contribution in [1.29, 1.82) is 0 Å². The van der Waals surface area contributed by atoms with E-state index in [-0.39, 0.29) is 5.91 Å². The lowest BCUT2D eigenvalue weighted by atomic mass is 9.77. The van der Waals surface area contributed by atoms with E-state index in [1.54, 1.807) is 4.68 Å². The van der Waals surface area contributed by atoms with Crippen LogP contribution in [-0.4, -0.2) is 21.2 Å². The van der Waals surface area contributed by atoms with Crippen molar-refractivity contribution in [3.63, 3.8) is 0 Å². The van der Waals surface area contributed by atoms with Gasteiger partial charge in [0.2, 0.25) is 5.91 Å². The van der Waals surface area contributed by atoms with Gasteiger partial charge in [0.25, 0.3) is 0 Å². The molecule has 5 nitrogen and oxygen atoms in total. The molecule has 0 atom stereocenters. The third kappa shape index (κ3) is 1.82. The fourth-order valence-electron chi connectivity index (χ4n) is 1.93. The second-order valence-corrected chi connectivity index (χ2v) is 4.48. The van der Waals surface area contributed by atoms with Gasteiger partial charge in [-0.15, -0.1) is 0 Å². The van der Waals surface area contributed by atoms with Crippen LogP contribution in [0.2, 0.25) is 0 Å². The normalized spacial score (nSPS) is 17.9. The summed E-state index contributed by atoms with van der Waals surface area (Å²) in [5, 5.41) is 7.15. The van der Waals surface area contributed by atoms with Gasteiger partial charge in [0.05, 0.1) is 16.9 Å². The smallest absolute Gasteiger partial charge is 0.244 e. The van der Waals surface area contributed by atoms with Gasteiger partial charge in [0.15, 0.2) is 0 Å². The number of rotatable bonds is 3. The van der Waals surface area contributed by atoms with Gasteiger partial charge in [-0.1, -0.05) is 6.92 Å². The SMILES string of the molecule is CCc1nn(C)cc1NC(=O)C1(N)CCC1. The van der Waals surface area contributed by atoms with Crippen molar-refractivity contribution < 1.29 is 4.79 Å². The molecular weight excluding hydrogens is 204 g/mol. The number of hydrogen-bond acceptors (Lipinski definition) is 3. The lowest BCUT2D eigenvalue weighted by Gasteiger charge is -2.36. The Balaban J connectivity index is 2.11. The first kappa shape index (κ1) is 11.1. The Morgan fingerprint density at radius 2 is 2.38 bits per heavy atom. The topological polar surface area (TPSA) is 72.9 Å². The zero-order chi connectivity index (χ0) is 11.8. The summed E-state index contributed by atoms with van der Waals surface area (Å²) in [6.07, 6.45) is 5.21. The van der Waals surface area contributed by atoms with Crippen LogP contribution >= 0.6 is 0 Å². The molecular formula is C11H18N4O. The van der Waals surface area contributed by atoms with Gasteiger partial charge in [0, 0.05) is 13.2 Å². The molecule has 1 aromatic heterocycles. The maximum atomic E-state index is 11.9. The van der Waals surface area contributed by atoms with E-state index in [2.05, 4.69) is 10.4 Å². The van der Waals surface area contributed by atoms with Crippen LogP contribution in [0.3, 0.4) is 0 Å². The van der Waals surface area contributed by atoms with E-state index in [1.165, 1.54) is 0 Å². The number of amides is 1. The van der Waals surface area contributed by atoms with Gasteiger partial charge >= 0.3 is 0 Å². The molecule has 1 amide bonds. The van der Waals surface area contributed by atoms with Gasteiger partial charge in [-0.3, -0.25) is 9.48 Å². The van der Waals surface area contributed by atoms with E-state index >= 15 is 0 Å². The number of hydrogen-bond donors (Lipinski definition) is 2. The average Bonchev–Trinajstić information content (AvgIpc) is 2.55. The van der Waals surface area contributed by atoms with Crippen molar-refractivity contribution >= 4 is 11.6 Å². The number of anilines is 1. The van der Waals surface area contributed by atoms with Crippen LogP contribution in [0.15, 0.2) is 6.20 Å². The Hall–Kier alpha value is -1.36. The third-order valence-corrected chi connectivity index (χ3v) is 3.19. The molecule has 16 heavy (non-hydrogen) atoms. The lowest BCUT2D eigenvalue weighted by Crippen LogP contribution is -2.56. The van der Waals surface area contributed by atoms with Crippen molar-refractivity contribution in [2.45, 2.75) is 38.1 Å². The number of carbonyl (C=O) groups is 1. The number of nitrogens with zero attached hydrogens (tertiary/aromatic N) is 2. The Morgan fingerprint density at radius 3 is 2.88 bits per heavy atom. The van der Waals surface area contributed by atoms with E-state index in [0.29, 0.717) is 0 Å². The van der Waals surface area contributed by atoms with Gasteiger partial charge in [-0.25, -0.2) is 0 Å². The monoisotopic (exact) mass is 222 g/mol. The van der Waals surface area contributed by atoms with Crippen LogP contribution in [0.5, 0.6) is 0 Å². The highest BCUT2D eigenvalue weighted by molar-refractivity contribution is 5.98. The number of nitrogens with one attached hydrogen (secondary N) is 1. The zero-order valence-electron chi connectivity index (χ0n) is 9.79.